The number of aromatic nitrogens is 2. The molecule has 6 rings (SSSR count). The van der Waals surface area contributed by atoms with Gasteiger partial charge in [0.15, 0.2) is 5.82 Å². The Bertz CT molecular complexity index is 1700. The molecule has 216 valence electrons. The first-order valence-electron chi connectivity index (χ1n) is 13.5. The second-order valence-corrected chi connectivity index (χ2v) is 9.44. The van der Waals surface area contributed by atoms with Crippen LogP contribution in [0.4, 0.5) is 20.2 Å². The molecule has 11 nitrogen and oxygen atoms in total. The van der Waals surface area contributed by atoms with Gasteiger partial charge in [0.2, 0.25) is 0 Å². The average molecular weight is 579 g/mol. The Morgan fingerprint density at radius 2 is 1.35 bits per heavy atom. The fourth-order valence-corrected chi connectivity index (χ4v) is 4.51. The van der Waals surface area contributed by atoms with E-state index in [1.54, 1.807) is 101 Å². The first kappa shape index (κ1) is 27.5. The molecule has 2 aromatic heterocycles. The highest BCUT2D eigenvalue weighted by molar-refractivity contribution is 6.09. The molecule has 0 aliphatic carbocycles. The van der Waals surface area contributed by atoms with E-state index < -0.39 is 12.2 Å². The molecule has 0 unspecified atom stereocenters. The van der Waals surface area contributed by atoms with Crippen molar-refractivity contribution in [3.05, 3.63) is 109 Å². The van der Waals surface area contributed by atoms with Crippen LogP contribution in [0.25, 0.3) is 10.9 Å². The Kier molecular flexibility index (Phi) is 7.96. The minimum absolute atomic E-state index is 0.0669. The van der Waals surface area contributed by atoms with E-state index in [1.807, 2.05) is 6.07 Å². The standard InChI is InChI=1S/C32H26N4O7/c37-30(34-17-19-40-20-18-34)35-16-14-23-21-26(11-12-28(23)35)41-27-13-15-33-29(22-27)36(31(38)42-24-7-3-1-4-8-24)32(39)43-25-9-5-2-6-10-25/h1-16,21-22H,17-20H2. The number of carbonyl (C=O) groups is 3. The highest BCUT2D eigenvalue weighted by atomic mass is 16.6. The molecule has 11 heteroatoms. The van der Waals surface area contributed by atoms with Crippen LogP contribution in [0.5, 0.6) is 23.0 Å². The Morgan fingerprint density at radius 1 is 0.721 bits per heavy atom. The summed E-state index contributed by atoms with van der Waals surface area (Å²) in [5, 5.41) is 0.799. The average Bonchev–Trinajstić information content (AvgIpc) is 3.46. The zero-order chi connectivity index (χ0) is 29.6. The zero-order valence-corrected chi connectivity index (χ0v) is 22.9. The van der Waals surface area contributed by atoms with Gasteiger partial charge in [-0.25, -0.2) is 19.4 Å². The Labute approximate surface area is 246 Å². The maximum absolute atomic E-state index is 13.2. The van der Waals surface area contributed by atoms with Gasteiger partial charge < -0.3 is 23.8 Å². The third-order valence-corrected chi connectivity index (χ3v) is 6.59. The summed E-state index contributed by atoms with van der Waals surface area (Å²) in [5.74, 6) is 1.20. The first-order chi connectivity index (χ1) is 21.0. The summed E-state index contributed by atoms with van der Waals surface area (Å²) < 4.78 is 23.9. The van der Waals surface area contributed by atoms with Crippen LogP contribution in [0.1, 0.15) is 0 Å². The fraction of sp³-hybridized carbons (Fsp3) is 0.125. The molecule has 0 atom stereocenters. The van der Waals surface area contributed by atoms with Crippen molar-refractivity contribution < 1.29 is 33.3 Å². The number of nitrogens with zero attached hydrogens (tertiary/aromatic N) is 4. The molecule has 0 spiro atoms. The summed E-state index contributed by atoms with van der Waals surface area (Å²) in [4.78, 5) is 46.1. The number of pyridine rings is 1. The van der Waals surface area contributed by atoms with E-state index in [0.717, 1.165) is 10.9 Å². The Balaban J connectivity index is 1.24. The quantitative estimate of drug-likeness (QED) is 0.238. The fourth-order valence-electron chi connectivity index (χ4n) is 4.51. The lowest BCUT2D eigenvalue weighted by Crippen LogP contribution is -2.42. The molecule has 3 amide bonds. The van der Waals surface area contributed by atoms with E-state index in [4.69, 9.17) is 18.9 Å². The van der Waals surface area contributed by atoms with E-state index in [1.165, 1.54) is 12.3 Å². The van der Waals surface area contributed by atoms with Crippen LogP contribution in [0, 0.1) is 0 Å². The summed E-state index contributed by atoms with van der Waals surface area (Å²) in [6, 6.07) is 26.8. The predicted molar refractivity (Wildman–Crippen MR) is 157 cm³/mol. The second-order valence-electron chi connectivity index (χ2n) is 9.44. The smallest absolute Gasteiger partial charge is 0.430 e. The third kappa shape index (κ3) is 6.31. The highest BCUT2D eigenvalue weighted by Gasteiger charge is 2.30. The number of rotatable bonds is 5. The maximum Gasteiger partial charge on any atom is 0.430 e. The number of hydrogen-bond acceptors (Lipinski definition) is 8. The third-order valence-electron chi connectivity index (χ3n) is 6.59. The van der Waals surface area contributed by atoms with Crippen molar-refractivity contribution in [1.82, 2.24) is 14.5 Å². The number of ether oxygens (including phenoxy) is 4. The van der Waals surface area contributed by atoms with Gasteiger partial charge in [0, 0.05) is 36.9 Å². The molecule has 0 bridgehead atoms. The van der Waals surface area contributed by atoms with Crippen LogP contribution in [-0.2, 0) is 4.74 Å². The normalized spacial score (nSPS) is 12.9. The van der Waals surface area contributed by atoms with E-state index in [0.29, 0.717) is 42.7 Å². The Hall–Kier alpha value is -5.68. The van der Waals surface area contributed by atoms with Crippen molar-refractivity contribution in [2.45, 2.75) is 0 Å². The van der Waals surface area contributed by atoms with Gasteiger partial charge in [0.05, 0.1) is 18.7 Å². The summed E-state index contributed by atoms with van der Waals surface area (Å²) in [5.41, 5.74) is 0.734. The molecule has 0 radical (unpaired) electrons. The van der Waals surface area contributed by atoms with Crippen molar-refractivity contribution in [2.75, 3.05) is 31.2 Å². The number of benzene rings is 3. The van der Waals surface area contributed by atoms with Crippen LogP contribution in [-0.4, -0.2) is 59.0 Å². The summed E-state index contributed by atoms with van der Waals surface area (Å²) >= 11 is 0. The number of fused-ring (bicyclic) bond motifs is 1. The summed E-state index contributed by atoms with van der Waals surface area (Å²) in [6.07, 6.45) is 1.11. The molecule has 5 aromatic rings. The van der Waals surface area contributed by atoms with Crippen LogP contribution in [0.15, 0.2) is 109 Å². The van der Waals surface area contributed by atoms with Gasteiger partial charge in [-0.15, -0.1) is 0 Å². The van der Waals surface area contributed by atoms with Crippen LogP contribution in [0.2, 0.25) is 0 Å². The Morgan fingerprint density at radius 3 is 2.00 bits per heavy atom. The molecule has 0 N–H and O–H groups in total. The lowest BCUT2D eigenvalue weighted by Gasteiger charge is -2.27. The van der Waals surface area contributed by atoms with Crippen molar-refractivity contribution in [2.24, 2.45) is 0 Å². The number of para-hydroxylation sites is 2. The predicted octanol–water partition coefficient (Wildman–Crippen LogP) is 6.33. The van der Waals surface area contributed by atoms with Gasteiger partial charge in [0.1, 0.15) is 23.0 Å². The van der Waals surface area contributed by atoms with E-state index >= 15 is 0 Å². The van der Waals surface area contributed by atoms with Gasteiger partial charge >= 0.3 is 18.2 Å². The van der Waals surface area contributed by atoms with Crippen LogP contribution >= 0.6 is 0 Å². The number of morpholine rings is 1. The molecule has 3 aromatic carbocycles. The topological polar surface area (TPSA) is 112 Å². The van der Waals surface area contributed by atoms with E-state index in [9.17, 15) is 14.4 Å². The minimum Gasteiger partial charge on any atom is -0.457 e. The number of anilines is 1. The van der Waals surface area contributed by atoms with Gasteiger partial charge in [-0.3, -0.25) is 4.57 Å². The van der Waals surface area contributed by atoms with Gasteiger partial charge in [0.25, 0.3) is 0 Å². The molecular formula is C32H26N4O7. The summed E-state index contributed by atoms with van der Waals surface area (Å²) in [7, 11) is 0. The van der Waals surface area contributed by atoms with Gasteiger partial charge in [-0.2, -0.15) is 4.90 Å². The number of carbonyl (C=O) groups excluding carboxylic acids is 3. The molecule has 1 saturated heterocycles. The maximum atomic E-state index is 13.2. The molecule has 0 saturated carbocycles. The molecule has 3 heterocycles. The molecule has 43 heavy (non-hydrogen) atoms. The molecule has 1 fully saturated rings. The highest BCUT2D eigenvalue weighted by Crippen LogP contribution is 2.29. The lowest BCUT2D eigenvalue weighted by atomic mass is 10.2. The van der Waals surface area contributed by atoms with Gasteiger partial charge in [-0.05, 0) is 54.6 Å². The van der Waals surface area contributed by atoms with Crippen molar-refractivity contribution in [1.29, 1.82) is 0 Å². The van der Waals surface area contributed by atoms with Gasteiger partial charge in [-0.1, -0.05) is 36.4 Å². The largest absolute Gasteiger partial charge is 0.457 e. The van der Waals surface area contributed by atoms with Crippen LogP contribution < -0.4 is 19.1 Å². The number of imide groups is 1. The second kappa shape index (κ2) is 12.5. The zero-order valence-electron chi connectivity index (χ0n) is 22.9. The SMILES string of the molecule is O=C(Oc1ccccc1)N(C(=O)Oc1ccccc1)c1cc(Oc2ccc3c(ccn3C(=O)N3CCOCC3)c2)ccn1. The molecule has 1 aliphatic rings. The lowest BCUT2D eigenvalue weighted by molar-refractivity contribution is 0.0538. The molecular weight excluding hydrogens is 552 g/mol. The monoisotopic (exact) mass is 578 g/mol. The number of hydrogen-bond donors (Lipinski definition) is 0. The van der Waals surface area contributed by atoms with Crippen LogP contribution in [0.3, 0.4) is 0 Å². The van der Waals surface area contributed by atoms with Crippen molar-refractivity contribution >= 4 is 34.9 Å². The van der Waals surface area contributed by atoms with Crippen molar-refractivity contribution in [3.8, 4) is 23.0 Å². The summed E-state index contributed by atoms with van der Waals surface area (Å²) in [6.45, 7) is 2.11. The van der Waals surface area contributed by atoms with E-state index in [2.05, 4.69) is 4.98 Å². The van der Waals surface area contributed by atoms with Crippen molar-refractivity contribution in [3.63, 3.8) is 0 Å². The first-order valence-corrected chi connectivity index (χ1v) is 13.5. The minimum atomic E-state index is -1.01. The number of amides is 3. The van der Waals surface area contributed by atoms with E-state index in [-0.39, 0.29) is 23.3 Å². The molecule has 1 aliphatic heterocycles.